The first-order valence-electron chi connectivity index (χ1n) is 7.23. The van der Waals surface area contributed by atoms with Crippen molar-refractivity contribution in [2.24, 2.45) is 0 Å². The van der Waals surface area contributed by atoms with Crippen LogP contribution in [0.5, 0.6) is 0 Å². The van der Waals surface area contributed by atoms with E-state index in [9.17, 15) is 10.1 Å². The molecule has 2 bridgehead atoms. The van der Waals surface area contributed by atoms with Gasteiger partial charge in [-0.25, -0.2) is 4.98 Å². The molecule has 1 amide bonds. The van der Waals surface area contributed by atoms with Gasteiger partial charge in [0.1, 0.15) is 10.7 Å². The SMILES string of the molecule is N#CN1[C@H]2CC[C@@H]1[C@H](NC(=O)c1csc(-c3ccsc3)n1)C2. The third kappa shape index (κ3) is 2.19. The lowest BCUT2D eigenvalue weighted by Gasteiger charge is -2.21. The van der Waals surface area contributed by atoms with Crippen molar-refractivity contribution in [1.29, 1.82) is 5.26 Å². The van der Waals surface area contributed by atoms with Crippen molar-refractivity contribution in [3.05, 3.63) is 27.9 Å². The van der Waals surface area contributed by atoms with Crippen LogP contribution >= 0.6 is 22.7 Å². The quantitative estimate of drug-likeness (QED) is 0.879. The zero-order valence-corrected chi connectivity index (χ0v) is 13.4. The minimum absolute atomic E-state index is 0.0668. The number of hydrogen-bond donors (Lipinski definition) is 1. The molecule has 7 heteroatoms. The van der Waals surface area contributed by atoms with Gasteiger partial charge in [0.25, 0.3) is 5.91 Å². The van der Waals surface area contributed by atoms with Crippen LogP contribution in [0.15, 0.2) is 22.2 Å². The van der Waals surface area contributed by atoms with Crippen LogP contribution in [0.1, 0.15) is 29.8 Å². The predicted octanol–water partition coefficient (Wildman–Crippen LogP) is 2.69. The van der Waals surface area contributed by atoms with Crippen LogP contribution < -0.4 is 5.32 Å². The topological polar surface area (TPSA) is 69.0 Å². The Balaban J connectivity index is 1.46. The van der Waals surface area contributed by atoms with E-state index in [1.807, 2.05) is 21.7 Å². The van der Waals surface area contributed by atoms with Gasteiger partial charge in [-0.15, -0.1) is 11.3 Å². The van der Waals surface area contributed by atoms with Gasteiger partial charge < -0.3 is 10.2 Å². The maximum Gasteiger partial charge on any atom is 0.271 e. The molecule has 3 atom stereocenters. The van der Waals surface area contributed by atoms with Gasteiger partial charge in [0, 0.05) is 22.4 Å². The fourth-order valence-corrected chi connectivity index (χ4v) is 4.95. The van der Waals surface area contributed by atoms with Gasteiger partial charge in [-0.3, -0.25) is 4.79 Å². The number of rotatable bonds is 3. The molecule has 22 heavy (non-hydrogen) atoms. The summed E-state index contributed by atoms with van der Waals surface area (Å²) in [5.41, 5.74) is 1.53. The van der Waals surface area contributed by atoms with Crippen LogP contribution in [0.4, 0.5) is 0 Å². The Bertz CT molecular complexity index is 733. The van der Waals surface area contributed by atoms with Gasteiger partial charge in [0.2, 0.25) is 0 Å². The summed E-state index contributed by atoms with van der Waals surface area (Å²) in [6.45, 7) is 0. The van der Waals surface area contributed by atoms with Crippen molar-refractivity contribution in [3.8, 4) is 16.8 Å². The molecule has 2 aliphatic rings. The van der Waals surface area contributed by atoms with E-state index in [4.69, 9.17) is 0 Å². The normalized spacial score (nSPS) is 26.1. The maximum absolute atomic E-state index is 12.4. The fourth-order valence-electron chi connectivity index (χ4n) is 3.44. The number of nitriles is 1. The first-order chi connectivity index (χ1) is 10.8. The van der Waals surface area contributed by atoms with Crippen molar-refractivity contribution in [1.82, 2.24) is 15.2 Å². The molecule has 0 spiro atoms. The second kappa shape index (κ2) is 5.38. The molecular weight excluding hydrogens is 316 g/mol. The van der Waals surface area contributed by atoms with E-state index in [-0.39, 0.29) is 18.0 Å². The number of nitrogens with zero attached hydrogens (tertiary/aromatic N) is 3. The third-order valence-electron chi connectivity index (χ3n) is 4.47. The monoisotopic (exact) mass is 330 g/mol. The van der Waals surface area contributed by atoms with Crippen LogP contribution in [-0.4, -0.2) is 33.9 Å². The van der Waals surface area contributed by atoms with E-state index in [0.29, 0.717) is 11.7 Å². The lowest BCUT2D eigenvalue weighted by Crippen LogP contribution is -2.43. The average Bonchev–Trinajstić information content (AvgIpc) is 3.29. The standard InChI is InChI=1S/C15H14N4OS2/c16-8-19-10-1-2-13(19)11(5-10)17-14(20)12-7-22-15(18-12)9-3-4-21-6-9/h3-4,6-7,10-11,13H,1-2,5H2,(H,17,20)/t10-,11+,13+/m0/s1. The van der Waals surface area contributed by atoms with Crippen molar-refractivity contribution in [2.75, 3.05) is 0 Å². The molecular formula is C15H14N4OS2. The molecule has 2 aromatic rings. The highest BCUT2D eigenvalue weighted by Gasteiger charge is 2.46. The molecule has 4 rings (SSSR count). The molecule has 0 unspecified atom stereocenters. The number of amides is 1. The zero-order valence-electron chi connectivity index (χ0n) is 11.7. The molecule has 0 aromatic carbocycles. The number of thiophene rings is 1. The van der Waals surface area contributed by atoms with Crippen molar-refractivity contribution >= 4 is 28.6 Å². The highest BCUT2D eigenvalue weighted by molar-refractivity contribution is 7.14. The lowest BCUT2D eigenvalue weighted by molar-refractivity contribution is 0.0924. The largest absolute Gasteiger partial charge is 0.346 e. The minimum atomic E-state index is -0.131. The van der Waals surface area contributed by atoms with Crippen LogP contribution in [0, 0.1) is 11.5 Å². The van der Waals surface area contributed by atoms with Crippen LogP contribution in [0.25, 0.3) is 10.6 Å². The molecule has 2 aromatic heterocycles. The number of thiazole rings is 1. The van der Waals surface area contributed by atoms with Gasteiger partial charge in [0.15, 0.2) is 6.19 Å². The van der Waals surface area contributed by atoms with Crippen LogP contribution in [0.2, 0.25) is 0 Å². The second-order valence-corrected chi connectivity index (χ2v) is 7.31. The number of fused-ring (bicyclic) bond motifs is 2. The van der Waals surface area contributed by atoms with E-state index in [2.05, 4.69) is 16.5 Å². The lowest BCUT2D eigenvalue weighted by atomic mass is 9.95. The van der Waals surface area contributed by atoms with Gasteiger partial charge in [-0.1, -0.05) is 0 Å². The predicted molar refractivity (Wildman–Crippen MR) is 85.6 cm³/mol. The average molecular weight is 330 g/mol. The Labute approximate surface area is 136 Å². The van der Waals surface area contributed by atoms with Gasteiger partial charge in [-0.2, -0.15) is 16.6 Å². The Kier molecular flexibility index (Phi) is 3.36. The number of carbonyl (C=O) groups is 1. The molecule has 1 N–H and O–H groups in total. The molecule has 5 nitrogen and oxygen atoms in total. The Morgan fingerprint density at radius 1 is 1.45 bits per heavy atom. The Hall–Kier alpha value is -1.91. The van der Waals surface area contributed by atoms with Crippen molar-refractivity contribution in [3.63, 3.8) is 0 Å². The maximum atomic E-state index is 12.4. The first kappa shape index (κ1) is 13.7. The minimum Gasteiger partial charge on any atom is -0.346 e. The highest BCUT2D eigenvalue weighted by atomic mass is 32.1. The molecule has 2 fully saturated rings. The van der Waals surface area contributed by atoms with E-state index < -0.39 is 0 Å². The molecule has 0 saturated carbocycles. The summed E-state index contributed by atoms with van der Waals surface area (Å²) in [6.07, 6.45) is 5.17. The first-order valence-corrected chi connectivity index (χ1v) is 9.05. The summed E-state index contributed by atoms with van der Waals surface area (Å²) in [7, 11) is 0. The van der Waals surface area contributed by atoms with E-state index >= 15 is 0 Å². The number of carbonyl (C=O) groups excluding carboxylic acids is 1. The summed E-state index contributed by atoms with van der Waals surface area (Å²) in [6, 6.07) is 2.54. The van der Waals surface area contributed by atoms with Crippen molar-refractivity contribution in [2.45, 2.75) is 37.4 Å². The van der Waals surface area contributed by atoms with Gasteiger partial charge >= 0.3 is 0 Å². The zero-order chi connectivity index (χ0) is 15.1. The summed E-state index contributed by atoms with van der Waals surface area (Å²) < 4.78 is 0. The molecule has 2 saturated heterocycles. The number of aromatic nitrogens is 1. The second-order valence-electron chi connectivity index (χ2n) is 5.67. The van der Waals surface area contributed by atoms with Gasteiger partial charge in [0.05, 0.1) is 12.1 Å². The van der Waals surface area contributed by atoms with Crippen LogP contribution in [-0.2, 0) is 0 Å². The Morgan fingerprint density at radius 2 is 2.36 bits per heavy atom. The Morgan fingerprint density at radius 3 is 3.09 bits per heavy atom. The molecule has 112 valence electrons. The van der Waals surface area contributed by atoms with E-state index in [1.54, 1.807) is 16.7 Å². The number of nitrogens with one attached hydrogen (secondary N) is 1. The molecule has 0 aliphatic carbocycles. The smallest absolute Gasteiger partial charge is 0.271 e. The van der Waals surface area contributed by atoms with Gasteiger partial charge in [-0.05, 0) is 30.7 Å². The molecule has 2 aliphatic heterocycles. The summed E-state index contributed by atoms with van der Waals surface area (Å²) >= 11 is 3.10. The fraction of sp³-hybridized carbons (Fsp3) is 0.400. The summed E-state index contributed by atoms with van der Waals surface area (Å²) in [4.78, 5) is 18.7. The molecule has 0 radical (unpaired) electrons. The van der Waals surface area contributed by atoms with Crippen LogP contribution in [0.3, 0.4) is 0 Å². The van der Waals surface area contributed by atoms with E-state index in [1.165, 1.54) is 11.3 Å². The van der Waals surface area contributed by atoms with E-state index in [0.717, 1.165) is 29.8 Å². The number of hydrogen-bond acceptors (Lipinski definition) is 6. The summed E-state index contributed by atoms with van der Waals surface area (Å²) in [5, 5.41) is 19.0. The highest BCUT2D eigenvalue weighted by Crippen LogP contribution is 2.37. The van der Waals surface area contributed by atoms with Crippen molar-refractivity contribution < 1.29 is 4.79 Å². The molecule has 4 heterocycles. The summed E-state index contributed by atoms with van der Waals surface area (Å²) in [5.74, 6) is -0.131. The third-order valence-corrected chi connectivity index (χ3v) is 6.05.